The second-order valence-corrected chi connectivity index (χ2v) is 6.24. The Labute approximate surface area is 154 Å². The van der Waals surface area contributed by atoms with Gasteiger partial charge in [-0.05, 0) is 49.6 Å². The summed E-state index contributed by atoms with van der Waals surface area (Å²) in [6.45, 7) is 7.90. The van der Waals surface area contributed by atoms with E-state index in [4.69, 9.17) is 9.47 Å². The molecule has 1 atom stereocenters. The Morgan fingerprint density at radius 2 is 1.77 bits per heavy atom. The van der Waals surface area contributed by atoms with Crippen LogP contribution in [0.2, 0.25) is 0 Å². The maximum absolute atomic E-state index is 12.5. The minimum atomic E-state index is -0.679. The van der Waals surface area contributed by atoms with Crippen molar-refractivity contribution in [2.24, 2.45) is 0 Å². The fourth-order valence-corrected chi connectivity index (χ4v) is 2.49. The monoisotopic (exact) mass is 355 g/mol. The highest BCUT2D eigenvalue weighted by Gasteiger charge is 2.18. The van der Waals surface area contributed by atoms with Crippen LogP contribution in [0.4, 0.5) is 5.69 Å². The molecule has 0 heterocycles. The number of hydrogen-bond donors (Lipinski definition) is 1. The van der Waals surface area contributed by atoms with Crippen LogP contribution in [0, 0.1) is 0 Å². The van der Waals surface area contributed by atoms with Crippen molar-refractivity contribution in [3.63, 3.8) is 0 Å². The number of anilines is 1. The Kier molecular flexibility index (Phi) is 6.78. The molecule has 2 aromatic carbocycles. The van der Waals surface area contributed by atoms with Gasteiger partial charge in [0.05, 0.1) is 12.2 Å². The van der Waals surface area contributed by atoms with E-state index >= 15 is 0 Å². The van der Waals surface area contributed by atoms with Gasteiger partial charge in [-0.15, -0.1) is 0 Å². The van der Waals surface area contributed by atoms with Gasteiger partial charge in [-0.3, -0.25) is 4.79 Å². The summed E-state index contributed by atoms with van der Waals surface area (Å²) < 4.78 is 10.8. The second-order valence-electron chi connectivity index (χ2n) is 6.24. The molecule has 2 aromatic rings. The molecule has 0 aliphatic rings. The van der Waals surface area contributed by atoms with Crippen LogP contribution in [-0.2, 0) is 9.53 Å². The first kappa shape index (κ1) is 19.5. The lowest BCUT2D eigenvalue weighted by molar-refractivity contribution is -0.122. The number of nitrogens with one attached hydrogen (secondary N) is 1. The van der Waals surface area contributed by atoms with Gasteiger partial charge >= 0.3 is 5.97 Å². The number of rotatable bonds is 7. The van der Waals surface area contributed by atoms with E-state index in [1.807, 2.05) is 24.3 Å². The molecule has 0 saturated carbocycles. The van der Waals surface area contributed by atoms with E-state index < -0.39 is 12.1 Å². The largest absolute Gasteiger partial charge is 0.481 e. The number of para-hydroxylation sites is 1. The molecule has 0 aliphatic heterocycles. The minimum Gasteiger partial charge on any atom is -0.481 e. The Balaban J connectivity index is 2.06. The average molecular weight is 355 g/mol. The Bertz CT molecular complexity index is 770. The number of carbonyl (C=O) groups excluding carboxylic acids is 2. The van der Waals surface area contributed by atoms with Gasteiger partial charge in [0.25, 0.3) is 5.91 Å². The number of benzene rings is 2. The van der Waals surface area contributed by atoms with Crippen LogP contribution in [0.5, 0.6) is 5.75 Å². The number of amides is 1. The molecule has 0 bridgehead atoms. The van der Waals surface area contributed by atoms with E-state index in [-0.39, 0.29) is 5.91 Å². The summed E-state index contributed by atoms with van der Waals surface area (Å²) in [6, 6.07) is 14.3. The standard InChI is InChI=1S/C21H25NO4/c1-5-25-21(24)16-9-8-10-17(13-16)22-20(23)15(4)26-19-12-7-6-11-18(19)14(2)3/h6-15H,5H2,1-4H3,(H,22,23)/t15-/m0/s1. The zero-order valence-electron chi connectivity index (χ0n) is 15.6. The van der Waals surface area contributed by atoms with E-state index in [9.17, 15) is 9.59 Å². The molecule has 0 fully saturated rings. The molecule has 5 nitrogen and oxygen atoms in total. The molecule has 0 saturated heterocycles. The molecule has 0 aromatic heterocycles. The highest BCUT2D eigenvalue weighted by atomic mass is 16.5. The molecule has 1 amide bonds. The Hall–Kier alpha value is -2.82. The molecule has 0 aliphatic carbocycles. The van der Waals surface area contributed by atoms with E-state index in [0.29, 0.717) is 29.5 Å². The number of ether oxygens (including phenoxy) is 2. The van der Waals surface area contributed by atoms with Crippen molar-refractivity contribution >= 4 is 17.6 Å². The third kappa shape index (κ3) is 5.09. The Morgan fingerprint density at radius 1 is 1.04 bits per heavy atom. The van der Waals surface area contributed by atoms with Gasteiger partial charge in [-0.1, -0.05) is 38.1 Å². The van der Waals surface area contributed by atoms with Crippen molar-refractivity contribution in [1.82, 2.24) is 0 Å². The highest BCUT2D eigenvalue weighted by molar-refractivity contribution is 5.96. The smallest absolute Gasteiger partial charge is 0.338 e. The van der Waals surface area contributed by atoms with Crippen LogP contribution in [0.25, 0.3) is 0 Å². The molecule has 138 valence electrons. The lowest BCUT2D eigenvalue weighted by Crippen LogP contribution is -2.30. The third-order valence-corrected chi connectivity index (χ3v) is 3.86. The maximum atomic E-state index is 12.5. The molecule has 26 heavy (non-hydrogen) atoms. The van der Waals surface area contributed by atoms with E-state index in [1.165, 1.54) is 0 Å². The zero-order chi connectivity index (χ0) is 19.1. The molecule has 0 unspecified atom stereocenters. The van der Waals surface area contributed by atoms with Crippen molar-refractivity contribution in [3.8, 4) is 5.75 Å². The maximum Gasteiger partial charge on any atom is 0.338 e. The molecule has 5 heteroatoms. The molecular weight excluding hydrogens is 330 g/mol. The van der Waals surface area contributed by atoms with E-state index in [1.54, 1.807) is 38.1 Å². The second kappa shape index (κ2) is 9.04. The zero-order valence-corrected chi connectivity index (χ0v) is 15.6. The van der Waals surface area contributed by atoms with Gasteiger partial charge in [-0.25, -0.2) is 4.79 Å². The van der Waals surface area contributed by atoms with Crippen molar-refractivity contribution in [3.05, 3.63) is 59.7 Å². The van der Waals surface area contributed by atoms with Gasteiger partial charge in [-0.2, -0.15) is 0 Å². The Morgan fingerprint density at radius 3 is 2.46 bits per heavy atom. The summed E-state index contributed by atoms with van der Waals surface area (Å²) in [5.74, 6) is 0.288. The predicted molar refractivity (Wildman–Crippen MR) is 102 cm³/mol. The molecular formula is C21H25NO4. The first-order valence-corrected chi connectivity index (χ1v) is 8.76. The lowest BCUT2D eigenvalue weighted by atomic mass is 10.0. The van der Waals surface area contributed by atoms with Crippen LogP contribution in [0.3, 0.4) is 0 Å². The van der Waals surface area contributed by atoms with Crippen molar-refractivity contribution < 1.29 is 19.1 Å². The van der Waals surface area contributed by atoms with Crippen molar-refractivity contribution in [2.45, 2.75) is 39.7 Å². The van der Waals surface area contributed by atoms with Crippen LogP contribution in [-0.4, -0.2) is 24.6 Å². The number of carbonyl (C=O) groups is 2. The average Bonchev–Trinajstić information content (AvgIpc) is 2.62. The summed E-state index contributed by atoms with van der Waals surface area (Å²) in [4.78, 5) is 24.3. The summed E-state index contributed by atoms with van der Waals surface area (Å²) in [5.41, 5.74) is 1.97. The van der Waals surface area contributed by atoms with Gasteiger partial charge in [0.1, 0.15) is 5.75 Å². The first-order valence-electron chi connectivity index (χ1n) is 8.76. The van der Waals surface area contributed by atoms with Crippen LogP contribution < -0.4 is 10.1 Å². The van der Waals surface area contributed by atoms with Gasteiger partial charge in [0.15, 0.2) is 6.10 Å². The summed E-state index contributed by atoms with van der Waals surface area (Å²) in [7, 11) is 0. The van der Waals surface area contributed by atoms with E-state index in [2.05, 4.69) is 19.2 Å². The number of hydrogen-bond acceptors (Lipinski definition) is 4. The summed E-state index contributed by atoms with van der Waals surface area (Å²) in [5, 5.41) is 2.78. The van der Waals surface area contributed by atoms with Crippen molar-refractivity contribution in [1.29, 1.82) is 0 Å². The van der Waals surface area contributed by atoms with Gasteiger partial charge in [0, 0.05) is 5.69 Å². The van der Waals surface area contributed by atoms with Crippen LogP contribution in [0.15, 0.2) is 48.5 Å². The predicted octanol–water partition coefficient (Wildman–Crippen LogP) is 4.39. The number of esters is 1. The van der Waals surface area contributed by atoms with E-state index in [0.717, 1.165) is 5.56 Å². The fraction of sp³-hybridized carbons (Fsp3) is 0.333. The summed E-state index contributed by atoms with van der Waals surface area (Å²) in [6.07, 6.45) is -0.679. The summed E-state index contributed by atoms with van der Waals surface area (Å²) >= 11 is 0. The quantitative estimate of drug-likeness (QED) is 0.748. The normalized spacial score (nSPS) is 11.7. The first-order chi connectivity index (χ1) is 12.4. The molecule has 2 rings (SSSR count). The molecule has 1 N–H and O–H groups in total. The van der Waals surface area contributed by atoms with Gasteiger partial charge < -0.3 is 14.8 Å². The molecule has 0 spiro atoms. The topological polar surface area (TPSA) is 64.6 Å². The van der Waals surface area contributed by atoms with Gasteiger partial charge in [0.2, 0.25) is 0 Å². The third-order valence-electron chi connectivity index (χ3n) is 3.86. The van der Waals surface area contributed by atoms with Crippen LogP contribution in [0.1, 0.15) is 49.5 Å². The highest BCUT2D eigenvalue weighted by Crippen LogP contribution is 2.27. The molecule has 0 radical (unpaired) electrons. The minimum absolute atomic E-state index is 0.287. The van der Waals surface area contributed by atoms with Crippen molar-refractivity contribution in [2.75, 3.05) is 11.9 Å². The fourth-order valence-electron chi connectivity index (χ4n) is 2.49. The lowest BCUT2D eigenvalue weighted by Gasteiger charge is -2.18. The van der Waals surface area contributed by atoms with Crippen LogP contribution >= 0.6 is 0 Å². The SMILES string of the molecule is CCOC(=O)c1cccc(NC(=O)[C@H](C)Oc2ccccc2C(C)C)c1.